The first-order valence-corrected chi connectivity index (χ1v) is 5.92. The minimum absolute atomic E-state index is 0.275. The summed E-state index contributed by atoms with van der Waals surface area (Å²) in [6.07, 6.45) is 2.58. The predicted octanol–water partition coefficient (Wildman–Crippen LogP) is 2.08. The van der Waals surface area contributed by atoms with Crippen LogP contribution in [-0.2, 0) is 4.79 Å². The molecule has 0 aromatic heterocycles. The highest BCUT2D eigenvalue weighted by Gasteiger charge is 2.44. The van der Waals surface area contributed by atoms with Gasteiger partial charge in [-0.15, -0.1) is 0 Å². The Bertz CT molecular complexity index is 473. The summed E-state index contributed by atoms with van der Waals surface area (Å²) in [5.41, 5.74) is 1.91. The average Bonchev–Trinajstić information content (AvgIpc) is 2.65. The van der Waals surface area contributed by atoms with Crippen LogP contribution in [0.3, 0.4) is 0 Å². The molecule has 0 bridgehead atoms. The highest BCUT2D eigenvalue weighted by atomic mass is 16.5. The van der Waals surface area contributed by atoms with E-state index in [0.29, 0.717) is 0 Å². The van der Waals surface area contributed by atoms with Crippen molar-refractivity contribution in [1.82, 2.24) is 4.90 Å². The van der Waals surface area contributed by atoms with Crippen molar-refractivity contribution < 1.29 is 9.53 Å². The van der Waals surface area contributed by atoms with Crippen LogP contribution in [0.2, 0.25) is 0 Å². The summed E-state index contributed by atoms with van der Waals surface area (Å²) < 4.78 is 6.10. The number of likely N-dealkylation sites (tertiary alicyclic amines) is 1. The molecule has 17 heavy (non-hydrogen) atoms. The molecule has 0 saturated carbocycles. The van der Waals surface area contributed by atoms with Crippen molar-refractivity contribution in [3.63, 3.8) is 0 Å². The van der Waals surface area contributed by atoms with Crippen LogP contribution < -0.4 is 4.74 Å². The number of piperidine rings is 1. The van der Waals surface area contributed by atoms with E-state index in [-0.39, 0.29) is 5.60 Å². The molecular weight excluding hydrogens is 214 g/mol. The van der Waals surface area contributed by atoms with Gasteiger partial charge in [-0.1, -0.05) is 24.8 Å². The molecule has 88 valence electrons. The van der Waals surface area contributed by atoms with Crippen molar-refractivity contribution in [3.05, 3.63) is 36.4 Å². The Kier molecular flexibility index (Phi) is 2.21. The van der Waals surface area contributed by atoms with Gasteiger partial charge in [0.15, 0.2) is 0 Å². The number of amides is 1. The normalized spacial score (nSPS) is 21.2. The van der Waals surface area contributed by atoms with Crippen LogP contribution >= 0.6 is 0 Å². The van der Waals surface area contributed by atoms with Gasteiger partial charge in [-0.05, 0) is 11.6 Å². The number of carbonyl (C=O) groups excluding carboxylic acids is 1. The molecule has 2 aliphatic rings. The van der Waals surface area contributed by atoms with Gasteiger partial charge in [0.1, 0.15) is 11.4 Å². The smallest absolute Gasteiger partial charge is 0.209 e. The summed E-state index contributed by atoms with van der Waals surface area (Å²) >= 11 is 0. The van der Waals surface area contributed by atoms with Gasteiger partial charge in [0.05, 0.1) is 0 Å². The van der Waals surface area contributed by atoms with Crippen LogP contribution in [0, 0.1) is 0 Å². The molecule has 0 aliphatic carbocycles. The fourth-order valence-corrected chi connectivity index (χ4v) is 2.72. The van der Waals surface area contributed by atoms with E-state index in [2.05, 4.69) is 12.6 Å². The average molecular weight is 229 g/mol. The Morgan fingerprint density at radius 3 is 2.65 bits per heavy atom. The fraction of sp³-hybridized carbons (Fsp3) is 0.357. The van der Waals surface area contributed by atoms with Gasteiger partial charge < -0.3 is 9.64 Å². The molecule has 0 unspecified atom stereocenters. The third-order valence-electron chi connectivity index (χ3n) is 3.82. The molecule has 3 nitrogen and oxygen atoms in total. The fourth-order valence-electron chi connectivity index (χ4n) is 2.72. The maximum absolute atomic E-state index is 10.7. The second-order valence-corrected chi connectivity index (χ2v) is 4.71. The number of benzene rings is 1. The number of hydrogen-bond acceptors (Lipinski definition) is 2. The van der Waals surface area contributed by atoms with Gasteiger partial charge in [0.25, 0.3) is 0 Å². The van der Waals surface area contributed by atoms with Crippen LogP contribution in [0.4, 0.5) is 0 Å². The lowest BCUT2D eigenvalue weighted by Gasteiger charge is -2.37. The monoisotopic (exact) mass is 229 g/mol. The van der Waals surface area contributed by atoms with E-state index < -0.39 is 0 Å². The minimum Gasteiger partial charge on any atom is -0.482 e. The molecule has 0 N–H and O–H groups in total. The van der Waals surface area contributed by atoms with E-state index in [1.165, 1.54) is 0 Å². The Labute approximate surface area is 101 Å². The molecule has 1 aromatic carbocycles. The van der Waals surface area contributed by atoms with Crippen molar-refractivity contribution in [2.24, 2.45) is 0 Å². The Morgan fingerprint density at radius 2 is 2.00 bits per heavy atom. The van der Waals surface area contributed by atoms with Crippen molar-refractivity contribution in [2.45, 2.75) is 18.4 Å². The van der Waals surface area contributed by atoms with Crippen molar-refractivity contribution in [2.75, 3.05) is 13.1 Å². The molecule has 1 amide bonds. The largest absolute Gasteiger partial charge is 0.482 e. The summed E-state index contributed by atoms with van der Waals surface area (Å²) in [7, 11) is 0. The number of hydrogen-bond donors (Lipinski definition) is 0. The quantitative estimate of drug-likeness (QED) is 0.690. The van der Waals surface area contributed by atoms with Crippen molar-refractivity contribution in [1.29, 1.82) is 0 Å². The topological polar surface area (TPSA) is 29.5 Å². The van der Waals surface area contributed by atoms with Crippen LogP contribution in [-0.4, -0.2) is 30.0 Å². The molecule has 1 saturated heterocycles. The van der Waals surface area contributed by atoms with Crippen LogP contribution in [0.25, 0.3) is 5.57 Å². The summed E-state index contributed by atoms with van der Waals surface area (Å²) in [5, 5.41) is 0. The van der Waals surface area contributed by atoms with E-state index >= 15 is 0 Å². The Balaban J connectivity index is 1.89. The SMILES string of the molecule is C=C1c2ccccc2OC12CCN(C=O)CC2. The van der Waals surface area contributed by atoms with E-state index in [4.69, 9.17) is 4.74 Å². The molecular formula is C14H15NO2. The number of carbonyl (C=O) groups is 1. The summed E-state index contributed by atoms with van der Waals surface area (Å²) in [6.45, 7) is 5.68. The minimum atomic E-state index is -0.275. The zero-order chi connectivity index (χ0) is 11.9. The van der Waals surface area contributed by atoms with Gasteiger partial charge in [0.2, 0.25) is 6.41 Å². The van der Waals surface area contributed by atoms with Gasteiger partial charge in [0, 0.05) is 31.5 Å². The molecule has 0 atom stereocenters. The molecule has 3 rings (SSSR count). The van der Waals surface area contributed by atoms with Gasteiger partial charge in [-0.25, -0.2) is 0 Å². The summed E-state index contributed by atoms with van der Waals surface area (Å²) in [6, 6.07) is 8.03. The molecule has 2 aliphatic heterocycles. The number of fused-ring (bicyclic) bond motifs is 1. The zero-order valence-corrected chi connectivity index (χ0v) is 9.69. The van der Waals surface area contributed by atoms with Crippen LogP contribution in [0.15, 0.2) is 30.8 Å². The summed E-state index contributed by atoms with van der Waals surface area (Å²) in [4.78, 5) is 12.5. The maximum Gasteiger partial charge on any atom is 0.209 e. The molecule has 3 heteroatoms. The lowest BCUT2D eigenvalue weighted by molar-refractivity contribution is -0.120. The summed E-state index contributed by atoms with van der Waals surface area (Å²) in [5.74, 6) is 0.928. The first-order chi connectivity index (χ1) is 8.25. The number of para-hydroxylation sites is 1. The number of rotatable bonds is 1. The predicted molar refractivity (Wildman–Crippen MR) is 65.7 cm³/mol. The standard InChI is InChI=1S/C14H15NO2/c1-11-12-4-2-3-5-13(12)17-14(11)6-8-15(10-16)9-7-14/h2-5,10H,1,6-9H2. The van der Waals surface area contributed by atoms with E-state index in [9.17, 15) is 4.79 Å². The van der Waals surface area contributed by atoms with E-state index in [0.717, 1.165) is 49.2 Å². The first kappa shape index (κ1) is 10.4. The second kappa shape index (κ2) is 3.62. The third-order valence-corrected chi connectivity index (χ3v) is 3.82. The maximum atomic E-state index is 10.7. The van der Waals surface area contributed by atoms with Gasteiger partial charge in [-0.3, -0.25) is 4.79 Å². The molecule has 2 heterocycles. The van der Waals surface area contributed by atoms with Crippen LogP contribution in [0.5, 0.6) is 5.75 Å². The van der Waals surface area contributed by atoms with Crippen LogP contribution in [0.1, 0.15) is 18.4 Å². The Hall–Kier alpha value is -1.77. The lowest BCUT2D eigenvalue weighted by atomic mass is 9.83. The Morgan fingerprint density at radius 1 is 1.29 bits per heavy atom. The molecule has 0 radical (unpaired) electrons. The van der Waals surface area contributed by atoms with Gasteiger partial charge in [-0.2, -0.15) is 0 Å². The zero-order valence-electron chi connectivity index (χ0n) is 9.69. The second-order valence-electron chi connectivity index (χ2n) is 4.71. The third kappa shape index (κ3) is 1.46. The highest BCUT2D eigenvalue weighted by Crippen LogP contribution is 2.47. The van der Waals surface area contributed by atoms with Gasteiger partial charge >= 0.3 is 0 Å². The number of ether oxygens (including phenoxy) is 1. The van der Waals surface area contributed by atoms with Crippen molar-refractivity contribution >= 4 is 12.0 Å². The molecule has 1 spiro atoms. The number of nitrogens with zero attached hydrogens (tertiary/aromatic N) is 1. The van der Waals surface area contributed by atoms with E-state index in [1.807, 2.05) is 18.2 Å². The van der Waals surface area contributed by atoms with Crippen molar-refractivity contribution in [3.8, 4) is 5.75 Å². The molecule has 1 fully saturated rings. The first-order valence-electron chi connectivity index (χ1n) is 5.92. The lowest BCUT2D eigenvalue weighted by Crippen LogP contribution is -2.46. The highest BCUT2D eigenvalue weighted by molar-refractivity contribution is 5.79. The molecule has 1 aromatic rings. The van der Waals surface area contributed by atoms with E-state index in [1.54, 1.807) is 4.90 Å².